The first-order chi connectivity index (χ1) is 10.8. The van der Waals surface area contributed by atoms with Crippen molar-refractivity contribution in [3.05, 3.63) is 45.0 Å². The minimum Gasteiger partial charge on any atom is -0.481 e. The van der Waals surface area contributed by atoms with Crippen molar-refractivity contribution < 1.29 is 19.8 Å². The summed E-state index contributed by atoms with van der Waals surface area (Å²) in [4.78, 5) is 24.3. The molecule has 0 amide bonds. The van der Waals surface area contributed by atoms with Crippen molar-refractivity contribution in [2.75, 3.05) is 0 Å². The zero-order valence-corrected chi connectivity index (χ0v) is 15.0. The van der Waals surface area contributed by atoms with E-state index >= 15 is 0 Å². The number of rotatable bonds is 4. The van der Waals surface area contributed by atoms with Crippen molar-refractivity contribution >= 4 is 34.5 Å². The van der Waals surface area contributed by atoms with Crippen LogP contribution in [0.5, 0.6) is 0 Å². The molecule has 3 rings (SSSR count). The number of halogens is 1. The minimum absolute atomic E-state index is 0.0897. The summed E-state index contributed by atoms with van der Waals surface area (Å²) in [7, 11) is 0. The molecule has 2 N–H and O–H groups in total. The molecular formula is C18H19IO4. The Morgan fingerprint density at radius 1 is 1.13 bits per heavy atom. The average molecular weight is 426 g/mol. The molecule has 122 valence electrons. The van der Waals surface area contributed by atoms with Gasteiger partial charge in [-0.15, -0.1) is 0 Å². The number of allylic oxidation sites excluding steroid dienone is 1. The molecule has 0 heterocycles. The van der Waals surface area contributed by atoms with Crippen LogP contribution in [0.3, 0.4) is 0 Å². The van der Waals surface area contributed by atoms with Crippen LogP contribution < -0.4 is 0 Å². The van der Waals surface area contributed by atoms with E-state index in [-0.39, 0.29) is 12.3 Å². The van der Waals surface area contributed by atoms with Gasteiger partial charge in [0.2, 0.25) is 0 Å². The highest BCUT2D eigenvalue weighted by molar-refractivity contribution is 14.1. The van der Waals surface area contributed by atoms with Crippen molar-refractivity contribution in [3.8, 4) is 0 Å². The Morgan fingerprint density at radius 3 is 2.22 bits per heavy atom. The third kappa shape index (κ3) is 2.49. The zero-order chi connectivity index (χ0) is 16.8. The predicted molar refractivity (Wildman–Crippen MR) is 94.3 cm³/mol. The topological polar surface area (TPSA) is 74.6 Å². The van der Waals surface area contributed by atoms with Crippen LogP contribution in [0.25, 0.3) is 0 Å². The lowest BCUT2D eigenvalue weighted by Crippen LogP contribution is -2.49. The van der Waals surface area contributed by atoms with E-state index in [9.17, 15) is 19.8 Å². The van der Waals surface area contributed by atoms with Gasteiger partial charge in [-0.2, -0.15) is 0 Å². The van der Waals surface area contributed by atoms with Gasteiger partial charge in [-0.25, -0.2) is 0 Å². The molecule has 0 aromatic heterocycles. The monoisotopic (exact) mass is 426 g/mol. The van der Waals surface area contributed by atoms with Gasteiger partial charge >= 0.3 is 11.9 Å². The Bertz CT molecular complexity index is 689. The molecule has 5 heteroatoms. The summed E-state index contributed by atoms with van der Waals surface area (Å²) >= 11 is 2.18. The summed E-state index contributed by atoms with van der Waals surface area (Å²) in [5, 5.41) is 19.9. The van der Waals surface area contributed by atoms with E-state index in [1.807, 2.05) is 37.3 Å². The largest absolute Gasteiger partial charge is 0.481 e. The Morgan fingerprint density at radius 2 is 1.74 bits per heavy atom. The quantitative estimate of drug-likeness (QED) is 0.567. The fourth-order valence-corrected chi connectivity index (χ4v) is 4.27. The molecular weight excluding hydrogens is 407 g/mol. The average Bonchev–Trinajstić information content (AvgIpc) is 3.33. The second kappa shape index (κ2) is 5.61. The van der Waals surface area contributed by atoms with E-state index in [4.69, 9.17) is 0 Å². The molecule has 23 heavy (non-hydrogen) atoms. The summed E-state index contributed by atoms with van der Waals surface area (Å²) in [6, 6.07) is 7.39. The molecule has 0 radical (unpaired) electrons. The van der Waals surface area contributed by atoms with E-state index in [0.717, 1.165) is 22.0 Å². The standard InChI is InChI=1S/C18H19IO4/c1-11-8-9-17(15(20)21,12-2-3-12)10-18(11,16(22)23)13-4-6-14(19)7-5-13/h4-8,12H,2-3,9-10H2,1H3,(H,20,21)(H,22,23). The molecule has 0 saturated heterocycles. The molecule has 2 atom stereocenters. The van der Waals surface area contributed by atoms with E-state index in [1.54, 1.807) is 0 Å². The van der Waals surface area contributed by atoms with Crippen LogP contribution in [-0.2, 0) is 15.0 Å². The molecule has 2 aliphatic rings. The summed E-state index contributed by atoms with van der Waals surface area (Å²) in [6.07, 6.45) is 4.15. The molecule has 1 aromatic rings. The Balaban J connectivity index is 2.16. The summed E-state index contributed by atoms with van der Waals surface area (Å²) in [5.41, 5.74) is -0.793. The highest BCUT2D eigenvalue weighted by Gasteiger charge is 2.59. The lowest BCUT2D eigenvalue weighted by molar-refractivity contribution is -0.155. The molecule has 1 saturated carbocycles. The number of carboxylic acids is 2. The summed E-state index contributed by atoms with van der Waals surface area (Å²) in [6.45, 7) is 1.81. The van der Waals surface area contributed by atoms with E-state index < -0.39 is 22.8 Å². The second-order valence-electron chi connectivity index (χ2n) is 6.72. The van der Waals surface area contributed by atoms with Crippen molar-refractivity contribution in [1.29, 1.82) is 0 Å². The fraction of sp³-hybridized carbons (Fsp3) is 0.444. The van der Waals surface area contributed by atoms with Gasteiger partial charge in [-0.3, -0.25) is 9.59 Å². The van der Waals surface area contributed by atoms with Gasteiger partial charge in [0.25, 0.3) is 0 Å². The van der Waals surface area contributed by atoms with Crippen molar-refractivity contribution in [1.82, 2.24) is 0 Å². The third-order valence-corrected chi connectivity index (χ3v) is 6.23. The number of aliphatic carboxylic acids is 2. The first kappa shape index (κ1) is 16.5. The van der Waals surface area contributed by atoms with Crippen molar-refractivity contribution in [2.45, 2.75) is 38.0 Å². The van der Waals surface area contributed by atoms with Gasteiger partial charge in [0.1, 0.15) is 5.41 Å². The van der Waals surface area contributed by atoms with E-state index in [1.165, 1.54) is 0 Å². The SMILES string of the molecule is CC1=CCC(C(=O)O)(C2CC2)CC1(C(=O)O)c1ccc(I)cc1. The maximum atomic E-state index is 12.3. The lowest BCUT2D eigenvalue weighted by atomic mass is 9.58. The number of carboxylic acid groups (broad SMARTS) is 2. The molecule has 0 spiro atoms. The van der Waals surface area contributed by atoms with Gasteiger partial charge in [0.15, 0.2) is 0 Å². The van der Waals surface area contributed by atoms with Gasteiger partial charge < -0.3 is 10.2 Å². The summed E-state index contributed by atoms with van der Waals surface area (Å²) < 4.78 is 1.02. The Hall–Kier alpha value is -1.37. The molecule has 4 nitrogen and oxygen atoms in total. The Labute approximate surface area is 148 Å². The number of hydrogen-bond donors (Lipinski definition) is 2. The molecule has 0 aliphatic heterocycles. The maximum Gasteiger partial charge on any atom is 0.318 e. The smallest absolute Gasteiger partial charge is 0.318 e. The van der Waals surface area contributed by atoms with Crippen LogP contribution in [0.15, 0.2) is 35.9 Å². The van der Waals surface area contributed by atoms with Gasteiger partial charge in [-0.1, -0.05) is 23.8 Å². The maximum absolute atomic E-state index is 12.3. The predicted octanol–water partition coefficient (Wildman–Crippen LogP) is 3.83. The molecule has 2 unspecified atom stereocenters. The van der Waals surface area contributed by atoms with E-state index in [2.05, 4.69) is 22.6 Å². The normalized spacial score (nSPS) is 30.6. The Kier molecular flexibility index (Phi) is 4.02. The van der Waals surface area contributed by atoms with Crippen LogP contribution in [0.2, 0.25) is 0 Å². The zero-order valence-electron chi connectivity index (χ0n) is 12.9. The van der Waals surface area contributed by atoms with Crippen LogP contribution in [0, 0.1) is 14.9 Å². The van der Waals surface area contributed by atoms with Crippen LogP contribution in [0.1, 0.15) is 38.2 Å². The number of carbonyl (C=O) groups is 2. The first-order valence-electron chi connectivity index (χ1n) is 7.73. The fourth-order valence-electron chi connectivity index (χ4n) is 3.91. The number of benzene rings is 1. The van der Waals surface area contributed by atoms with Gasteiger partial charge in [-0.05, 0) is 78.8 Å². The minimum atomic E-state index is -1.25. The van der Waals surface area contributed by atoms with E-state index in [0.29, 0.717) is 12.0 Å². The van der Waals surface area contributed by atoms with Crippen LogP contribution in [-0.4, -0.2) is 22.2 Å². The number of hydrogen-bond acceptors (Lipinski definition) is 2. The van der Waals surface area contributed by atoms with Gasteiger partial charge in [0, 0.05) is 3.57 Å². The molecule has 1 aromatic carbocycles. The highest BCUT2D eigenvalue weighted by Crippen LogP contribution is 2.58. The van der Waals surface area contributed by atoms with Crippen molar-refractivity contribution in [2.24, 2.45) is 11.3 Å². The van der Waals surface area contributed by atoms with Gasteiger partial charge in [0.05, 0.1) is 5.41 Å². The molecule has 2 aliphatic carbocycles. The molecule has 1 fully saturated rings. The lowest BCUT2D eigenvalue weighted by Gasteiger charge is -2.43. The van der Waals surface area contributed by atoms with Crippen molar-refractivity contribution in [3.63, 3.8) is 0 Å². The molecule has 0 bridgehead atoms. The third-order valence-electron chi connectivity index (χ3n) is 5.51. The van der Waals surface area contributed by atoms with Crippen LogP contribution in [0.4, 0.5) is 0 Å². The summed E-state index contributed by atoms with van der Waals surface area (Å²) in [5.74, 6) is -1.73. The highest BCUT2D eigenvalue weighted by atomic mass is 127. The first-order valence-corrected chi connectivity index (χ1v) is 8.81. The second-order valence-corrected chi connectivity index (χ2v) is 7.97. The van der Waals surface area contributed by atoms with Crippen LogP contribution >= 0.6 is 22.6 Å².